The number of imidazole rings is 1. The van der Waals surface area contributed by atoms with Gasteiger partial charge in [-0.3, -0.25) is 0 Å². The predicted molar refractivity (Wildman–Crippen MR) is 102 cm³/mol. The van der Waals surface area contributed by atoms with Crippen LogP contribution in [0.15, 0.2) is 49.1 Å². The second-order valence-corrected chi connectivity index (χ2v) is 6.66. The lowest BCUT2D eigenvalue weighted by molar-refractivity contribution is 0.604. The van der Waals surface area contributed by atoms with Gasteiger partial charge in [-0.05, 0) is 25.5 Å². The van der Waals surface area contributed by atoms with Crippen LogP contribution in [0.2, 0.25) is 0 Å². The molecule has 6 nitrogen and oxygen atoms in total. The normalized spacial score (nSPS) is 15.1. The molecule has 0 saturated carbocycles. The zero-order chi connectivity index (χ0) is 17.8. The molecule has 3 aromatic rings. The van der Waals surface area contributed by atoms with Gasteiger partial charge in [0.15, 0.2) is 0 Å². The lowest BCUT2D eigenvalue weighted by Crippen LogP contribution is -2.20. The van der Waals surface area contributed by atoms with Gasteiger partial charge in [0.2, 0.25) is 0 Å². The van der Waals surface area contributed by atoms with E-state index in [1.807, 2.05) is 31.7 Å². The van der Waals surface area contributed by atoms with E-state index in [4.69, 9.17) is 4.98 Å². The van der Waals surface area contributed by atoms with Crippen molar-refractivity contribution in [3.05, 3.63) is 71.7 Å². The maximum absolute atomic E-state index is 4.75. The summed E-state index contributed by atoms with van der Waals surface area (Å²) in [4.78, 5) is 13.6. The molecule has 26 heavy (non-hydrogen) atoms. The van der Waals surface area contributed by atoms with E-state index in [1.54, 1.807) is 0 Å². The summed E-state index contributed by atoms with van der Waals surface area (Å²) in [5.74, 6) is 1.78. The molecule has 4 rings (SSSR count). The van der Waals surface area contributed by atoms with Crippen LogP contribution in [0.4, 0.5) is 5.82 Å². The molecule has 0 unspecified atom stereocenters. The minimum atomic E-state index is 0.111. The summed E-state index contributed by atoms with van der Waals surface area (Å²) < 4.78 is 2.10. The Morgan fingerprint density at radius 3 is 2.81 bits per heavy atom. The topological polar surface area (TPSA) is 67.7 Å². The van der Waals surface area contributed by atoms with Crippen LogP contribution in [-0.2, 0) is 19.4 Å². The van der Waals surface area contributed by atoms with Gasteiger partial charge in [-0.15, -0.1) is 0 Å². The van der Waals surface area contributed by atoms with Crippen molar-refractivity contribution < 1.29 is 0 Å². The number of nitrogens with zero attached hydrogens (tertiary/aromatic N) is 4. The Kier molecular flexibility index (Phi) is 4.93. The number of aromatic nitrogens is 4. The second-order valence-electron chi connectivity index (χ2n) is 6.66. The van der Waals surface area contributed by atoms with Crippen molar-refractivity contribution in [2.75, 3.05) is 18.4 Å². The summed E-state index contributed by atoms with van der Waals surface area (Å²) in [6.45, 7) is 4.70. The van der Waals surface area contributed by atoms with E-state index >= 15 is 0 Å². The first kappa shape index (κ1) is 16.7. The van der Waals surface area contributed by atoms with Crippen molar-refractivity contribution >= 4 is 5.82 Å². The molecule has 1 atom stereocenters. The smallest absolute Gasteiger partial charge is 0.133 e. The van der Waals surface area contributed by atoms with Crippen molar-refractivity contribution in [2.24, 2.45) is 0 Å². The van der Waals surface area contributed by atoms with Crippen molar-refractivity contribution in [3.8, 4) is 0 Å². The fourth-order valence-electron chi connectivity index (χ4n) is 3.48. The number of aryl methyl sites for hydroxylation is 1. The molecule has 2 N–H and O–H groups in total. The molecule has 0 spiro atoms. The van der Waals surface area contributed by atoms with Crippen LogP contribution in [0.5, 0.6) is 0 Å². The fourth-order valence-corrected chi connectivity index (χ4v) is 3.48. The Hall–Kier alpha value is -2.73. The zero-order valence-corrected chi connectivity index (χ0v) is 15.0. The molecule has 2 aromatic heterocycles. The Labute approximate surface area is 153 Å². The first-order valence-electron chi connectivity index (χ1n) is 9.14. The summed E-state index contributed by atoms with van der Waals surface area (Å²) in [6.07, 6.45) is 7.56. The number of benzene rings is 1. The molecule has 6 heteroatoms. The molecule has 3 heterocycles. The van der Waals surface area contributed by atoms with E-state index < -0.39 is 0 Å². The molecule has 1 aromatic carbocycles. The van der Waals surface area contributed by atoms with E-state index in [0.29, 0.717) is 0 Å². The van der Waals surface area contributed by atoms with Gasteiger partial charge in [-0.25, -0.2) is 15.0 Å². The molecule has 0 fully saturated rings. The highest BCUT2D eigenvalue weighted by Gasteiger charge is 2.19. The Bertz CT molecular complexity index is 844. The van der Waals surface area contributed by atoms with Crippen LogP contribution in [0.1, 0.15) is 28.7 Å². The van der Waals surface area contributed by atoms with E-state index in [2.05, 4.69) is 49.4 Å². The molecule has 0 bridgehead atoms. The average molecular weight is 348 g/mol. The third kappa shape index (κ3) is 3.75. The van der Waals surface area contributed by atoms with E-state index in [1.165, 1.54) is 16.8 Å². The Morgan fingerprint density at radius 2 is 2.00 bits per heavy atom. The van der Waals surface area contributed by atoms with E-state index in [9.17, 15) is 0 Å². The molecule has 0 aliphatic carbocycles. The minimum absolute atomic E-state index is 0.111. The second kappa shape index (κ2) is 7.66. The SMILES string of the molecule is Cc1nc2c(c(N[C@@H](Cn3ccnc3)c3ccccc3)n1)CCNCC2. The summed E-state index contributed by atoms with van der Waals surface area (Å²) in [7, 11) is 0. The van der Waals surface area contributed by atoms with Gasteiger partial charge in [-0.2, -0.15) is 0 Å². The van der Waals surface area contributed by atoms with Gasteiger partial charge in [0.25, 0.3) is 0 Å². The predicted octanol–water partition coefficient (Wildman–Crippen LogP) is 2.52. The molecule has 0 amide bonds. The molecule has 134 valence electrons. The minimum Gasteiger partial charge on any atom is -0.361 e. The van der Waals surface area contributed by atoms with Gasteiger partial charge >= 0.3 is 0 Å². The average Bonchev–Trinajstić information content (AvgIpc) is 3.05. The number of anilines is 1. The van der Waals surface area contributed by atoms with Crippen LogP contribution >= 0.6 is 0 Å². The Morgan fingerprint density at radius 1 is 1.15 bits per heavy atom. The largest absolute Gasteiger partial charge is 0.361 e. The number of hydrogen-bond acceptors (Lipinski definition) is 5. The quantitative estimate of drug-likeness (QED) is 0.742. The molecule has 0 radical (unpaired) electrons. The third-order valence-corrected chi connectivity index (χ3v) is 4.76. The summed E-state index contributed by atoms with van der Waals surface area (Å²) in [5, 5.41) is 7.16. The van der Waals surface area contributed by atoms with Crippen molar-refractivity contribution in [1.29, 1.82) is 0 Å². The maximum atomic E-state index is 4.75. The third-order valence-electron chi connectivity index (χ3n) is 4.76. The number of rotatable bonds is 5. The summed E-state index contributed by atoms with van der Waals surface area (Å²) >= 11 is 0. The van der Waals surface area contributed by atoms with Crippen molar-refractivity contribution in [2.45, 2.75) is 32.4 Å². The number of hydrogen-bond donors (Lipinski definition) is 2. The molecular formula is C20H24N6. The highest BCUT2D eigenvalue weighted by Crippen LogP contribution is 2.25. The van der Waals surface area contributed by atoms with Crippen LogP contribution in [0.25, 0.3) is 0 Å². The van der Waals surface area contributed by atoms with Crippen LogP contribution in [0.3, 0.4) is 0 Å². The monoisotopic (exact) mass is 348 g/mol. The summed E-state index contributed by atoms with van der Waals surface area (Å²) in [6, 6.07) is 10.6. The zero-order valence-electron chi connectivity index (χ0n) is 15.0. The van der Waals surface area contributed by atoms with Crippen LogP contribution in [0, 0.1) is 6.92 Å². The molecule has 0 saturated heterocycles. The van der Waals surface area contributed by atoms with Crippen molar-refractivity contribution in [1.82, 2.24) is 24.8 Å². The number of nitrogens with one attached hydrogen (secondary N) is 2. The fraction of sp³-hybridized carbons (Fsp3) is 0.350. The van der Waals surface area contributed by atoms with Gasteiger partial charge in [-0.1, -0.05) is 30.3 Å². The standard InChI is InChI=1S/C20H24N6/c1-15-23-18-8-10-21-9-7-17(18)20(24-15)25-19(13-26-12-11-22-14-26)16-5-3-2-4-6-16/h2-6,11-12,14,19,21H,7-10,13H2,1H3,(H,23,24,25)/t19-/m0/s1. The maximum Gasteiger partial charge on any atom is 0.133 e. The van der Waals surface area contributed by atoms with Crippen LogP contribution < -0.4 is 10.6 Å². The first-order chi connectivity index (χ1) is 12.8. The number of fused-ring (bicyclic) bond motifs is 1. The van der Waals surface area contributed by atoms with E-state index in [0.717, 1.165) is 44.1 Å². The molecule has 1 aliphatic heterocycles. The van der Waals surface area contributed by atoms with Gasteiger partial charge in [0, 0.05) is 37.5 Å². The lowest BCUT2D eigenvalue weighted by Gasteiger charge is -2.23. The highest BCUT2D eigenvalue weighted by atomic mass is 15.1. The lowest BCUT2D eigenvalue weighted by atomic mass is 10.0. The van der Waals surface area contributed by atoms with Gasteiger partial charge in [0.1, 0.15) is 11.6 Å². The van der Waals surface area contributed by atoms with Crippen LogP contribution in [-0.4, -0.2) is 32.6 Å². The van der Waals surface area contributed by atoms with Gasteiger partial charge in [0.05, 0.1) is 18.1 Å². The Balaban J connectivity index is 1.68. The summed E-state index contributed by atoms with van der Waals surface area (Å²) in [5.41, 5.74) is 3.64. The highest BCUT2D eigenvalue weighted by molar-refractivity contribution is 5.49. The van der Waals surface area contributed by atoms with Gasteiger partial charge < -0.3 is 15.2 Å². The molecule has 1 aliphatic rings. The molecular weight excluding hydrogens is 324 g/mol. The van der Waals surface area contributed by atoms with E-state index in [-0.39, 0.29) is 6.04 Å². The van der Waals surface area contributed by atoms with Crippen molar-refractivity contribution in [3.63, 3.8) is 0 Å². The first-order valence-corrected chi connectivity index (χ1v) is 9.14.